The molecule has 0 radical (unpaired) electrons. The van der Waals surface area contributed by atoms with Crippen molar-refractivity contribution < 1.29 is 51.6 Å². The monoisotopic (exact) mass is 308 g/mol. The summed E-state index contributed by atoms with van der Waals surface area (Å²) in [6, 6.07) is -1.25. The average Bonchev–Trinajstić information content (AvgIpc) is 2.92. The SMILES string of the molecule is O=C1N2CC(n3ccnc3)=CC(C2)N1OS(=O)(=O)[O-].[Na+]. The summed E-state index contributed by atoms with van der Waals surface area (Å²) in [4.78, 5) is 17.1. The number of urea groups is 1. The van der Waals surface area contributed by atoms with Gasteiger partial charge in [-0.3, -0.25) is 0 Å². The minimum absolute atomic E-state index is 0. The van der Waals surface area contributed by atoms with Gasteiger partial charge >= 0.3 is 35.6 Å². The smallest absolute Gasteiger partial charge is 0.724 e. The van der Waals surface area contributed by atoms with Gasteiger partial charge in [0.2, 0.25) is 10.4 Å². The van der Waals surface area contributed by atoms with Gasteiger partial charge in [0, 0.05) is 24.6 Å². The third kappa shape index (κ3) is 2.90. The van der Waals surface area contributed by atoms with E-state index in [0.29, 0.717) is 11.6 Å². The predicted molar refractivity (Wildman–Crippen MR) is 59.9 cm³/mol. The number of aromatic nitrogens is 2. The maximum Gasteiger partial charge on any atom is 1.00 e. The van der Waals surface area contributed by atoms with E-state index < -0.39 is 22.5 Å². The Morgan fingerprint density at radius 2 is 2.20 bits per heavy atom. The van der Waals surface area contributed by atoms with Gasteiger partial charge in [0.05, 0.1) is 12.9 Å². The number of hydrogen-bond donors (Lipinski definition) is 0. The number of nitrogens with zero attached hydrogens (tertiary/aromatic N) is 4. The van der Waals surface area contributed by atoms with Gasteiger partial charge in [0.1, 0.15) is 6.04 Å². The molecule has 0 aromatic carbocycles. The molecule has 1 fully saturated rings. The summed E-state index contributed by atoms with van der Waals surface area (Å²) in [5.41, 5.74) is 0.761. The van der Waals surface area contributed by atoms with Crippen LogP contribution in [0.15, 0.2) is 24.8 Å². The zero-order valence-electron chi connectivity index (χ0n) is 10.5. The molecule has 1 saturated heterocycles. The predicted octanol–water partition coefficient (Wildman–Crippen LogP) is -3.76. The van der Waals surface area contributed by atoms with Crippen LogP contribution in [0.3, 0.4) is 0 Å². The maximum atomic E-state index is 11.8. The topological polar surface area (TPSA) is 108 Å². The first-order valence-electron chi connectivity index (χ1n) is 5.36. The average molecular weight is 308 g/mol. The molecule has 1 aromatic heterocycles. The van der Waals surface area contributed by atoms with Crippen molar-refractivity contribution in [2.45, 2.75) is 6.04 Å². The molecule has 0 aliphatic carbocycles. The van der Waals surface area contributed by atoms with Crippen LogP contribution >= 0.6 is 0 Å². The number of fused-ring (bicyclic) bond motifs is 2. The quantitative estimate of drug-likeness (QED) is 0.322. The van der Waals surface area contributed by atoms with Crippen molar-refractivity contribution in [1.82, 2.24) is 19.5 Å². The summed E-state index contributed by atoms with van der Waals surface area (Å²) in [6.45, 7) is 0.580. The molecule has 0 N–H and O–H groups in total. The van der Waals surface area contributed by atoms with Crippen LogP contribution in [0.25, 0.3) is 5.70 Å². The number of hydroxylamine groups is 2. The van der Waals surface area contributed by atoms with Gasteiger partial charge in [-0.2, -0.15) is 9.35 Å². The molecule has 2 bridgehead atoms. The van der Waals surface area contributed by atoms with Crippen LogP contribution in [-0.2, 0) is 14.7 Å². The van der Waals surface area contributed by atoms with Crippen molar-refractivity contribution in [3.63, 3.8) is 0 Å². The summed E-state index contributed by atoms with van der Waals surface area (Å²) in [6.07, 6.45) is 6.54. The fourth-order valence-electron chi connectivity index (χ4n) is 2.16. The molecule has 0 saturated carbocycles. The molecule has 3 heterocycles. The van der Waals surface area contributed by atoms with Gasteiger partial charge in [-0.1, -0.05) is 0 Å². The van der Waals surface area contributed by atoms with Gasteiger partial charge in [-0.15, -0.1) is 0 Å². The number of carbonyl (C=O) groups excluding carboxylic acids is 1. The Morgan fingerprint density at radius 3 is 2.80 bits per heavy atom. The van der Waals surface area contributed by atoms with E-state index in [0.717, 1.165) is 5.70 Å². The fourth-order valence-corrected chi connectivity index (χ4v) is 2.54. The Labute approximate surface area is 137 Å². The molecule has 1 aromatic rings. The molecule has 20 heavy (non-hydrogen) atoms. The molecule has 3 rings (SSSR count). The number of hydrogen-bond acceptors (Lipinski definition) is 6. The number of rotatable bonds is 3. The zero-order valence-corrected chi connectivity index (χ0v) is 13.4. The minimum atomic E-state index is -4.97. The molecule has 2 aliphatic heterocycles. The largest absolute Gasteiger partial charge is 1.00 e. The Bertz CT molecular complexity index is 643. The second kappa shape index (κ2) is 5.47. The van der Waals surface area contributed by atoms with E-state index in [9.17, 15) is 17.8 Å². The van der Waals surface area contributed by atoms with E-state index in [1.807, 2.05) is 0 Å². The van der Waals surface area contributed by atoms with Crippen LogP contribution in [0.1, 0.15) is 0 Å². The summed E-state index contributed by atoms with van der Waals surface area (Å²) < 4.78 is 37.7. The van der Waals surface area contributed by atoms with Crippen LogP contribution in [0.2, 0.25) is 0 Å². The van der Waals surface area contributed by atoms with Gasteiger partial charge in [-0.25, -0.2) is 18.2 Å². The second-order valence-corrected chi connectivity index (χ2v) is 5.13. The van der Waals surface area contributed by atoms with E-state index in [-0.39, 0.29) is 36.1 Å². The molecule has 9 nitrogen and oxygen atoms in total. The third-order valence-corrected chi connectivity index (χ3v) is 3.26. The Hall–Kier alpha value is -0.910. The molecule has 102 valence electrons. The summed E-state index contributed by atoms with van der Waals surface area (Å²) in [5.74, 6) is 0. The van der Waals surface area contributed by atoms with E-state index in [4.69, 9.17) is 0 Å². The number of imidazole rings is 1. The first-order valence-corrected chi connectivity index (χ1v) is 6.70. The first kappa shape index (κ1) is 15.5. The van der Waals surface area contributed by atoms with Crippen molar-refractivity contribution in [3.8, 4) is 0 Å². The van der Waals surface area contributed by atoms with Crippen LogP contribution in [0.5, 0.6) is 0 Å². The molecule has 2 amide bonds. The summed E-state index contributed by atoms with van der Waals surface area (Å²) >= 11 is 0. The van der Waals surface area contributed by atoms with Gasteiger partial charge in [0.25, 0.3) is 0 Å². The van der Waals surface area contributed by atoms with Gasteiger partial charge < -0.3 is 14.0 Å². The number of carbonyl (C=O) groups is 1. The van der Waals surface area contributed by atoms with Crippen molar-refractivity contribution >= 4 is 22.1 Å². The van der Waals surface area contributed by atoms with E-state index in [2.05, 4.69) is 9.27 Å². The van der Waals surface area contributed by atoms with Crippen LogP contribution in [0.4, 0.5) is 4.79 Å². The Morgan fingerprint density at radius 1 is 1.45 bits per heavy atom. The molecule has 11 heteroatoms. The normalized spacial score (nSPS) is 21.8. The van der Waals surface area contributed by atoms with Crippen molar-refractivity contribution in [3.05, 3.63) is 24.8 Å². The Kier molecular flexibility index (Phi) is 4.23. The first-order chi connectivity index (χ1) is 8.94. The zero-order chi connectivity index (χ0) is 13.6. The van der Waals surface area contributed by atoms with E-state index >= 15 is 0 Å². The fraction of sp³-hybridized carbons (Fsp3) is 0.333. The van der Waals surface area contributed by atoms with Crippen molar-refractivity contribution in [2.24, 2.45) is 0 Å². The van der Waals surface area contributed by atoms with Crippen LogP contribution < -0.4 is 29.6 Å². The number of amides is 2. The minimum Gasteiger partial charge on any atom is -0.724 e. The molecule has 1 unspecified atom stereocenters. The molecule has 0 spiro atoms. The summed E-state index contributed by atoms with van der Waals surface area (Å²) in [7, 11) is -4.97. The Balaban J connectivity index is 0.00000147. The van der Waals surface area contributed by atoms with Crippen LogP contribution in [0, 0.1) is 0 Å². The van der Waals surface area contributed by atoms with Crippen molar-refractivity contribution in [1.29, 1.82) is 0 Å². The molecular weight excluding hydrogens is 299 g/mol. The molecule has 2 aliphatic rings. The van der Waals surface area contributed by atoms with E-state index in [1.54, 1.807) is 29.4 Å². The van der Waals surface area contributed by atoms with Gasteiger partial charge in [0.15, 0.2) is 0 Å². The van der Waals surface area contributed by atoms with Gasteiger partial charge in [-0.05, 0) is 6.08 Å². The second-order valence-electron chi connectivity index (χ2n) is 4.17. The van der Waals surface area contributed by atoms with Crippen LogP contribution in [-0.4, -0.2) is 57.6 Å². The summed E-state index contributed by atoms with van der Waals surface area (Å²) in [5, 5.41) is 0.590. The molecular formula is C9H9N4NaO5S. The van der Waals surface area contributed by atoms with Crippen molar-refractivity contribution in [2.75, 3.05) is 13.1 Å². The maximum absolute atomic E-state index is 11.8. The molecule has 1 atom stereocenters. The third-order valence-electron chi connectivity index (χ3n) is 2.91. The standard InChI is InChI=1S/C9H10N4O5S.Na/c14-9-12-4-7(11-2-1-10-6-11)3-8(5-12)13(9)18-19(15,16)17;/h1-3,6,8H,4-5H2,(H,15,16,17);/q;+1/p-1. The van der Waals surface area contributed by atoms with E-state index in [1.165, 1.54) is 4.90 Å².